The van der Waals surface area contributed by atoms with Crippen molar-refractivity contribution in [2.75, 3.05) is 7.05 Å². The molecule has 0 bridgehead atoms. The smallest absolute Gasteiger partial charge is 0.328 e. The molecule has 1 aromatic heterocycles. The van der Waals surface area contributed by atoms with Crippen molar-refractivity contribution in [3.8, 4) is 0 Å². The first-order chi connectivity index (χ1) is 10.1. The van der Waals surface area contributed by atoms with Gasteiger partial charge in [-0.2, -0.15) is 0 Å². The highest BCUT2D eigenvalue weighted by molar-refractivity contribution is 5.87. The molecule has 21 heavy (non-hydrogen) atoms. The van der Waals surface area contributed by atoms with Crippen LogP contribution in [0, 0.1) is 0 Å². The Balaban J connectivity index is 0.00000176. The Labute approximate surface area is 124 Å². The van der Waals surface area contributed by atoms with E-state index in [0.29, 0.717) is 0 Å². The Kier molecular flexibility index (Phi) is 3.29. The standard InChI is InChI=1S/C16H19N3O2.H2/c1-17-16(8-3-9-16)15-18-12-6-4-11(5-7-14(20)21)10-13(12)19(15)2;/h4-7,10,17H,3,8-9H2,1-2H3,(H,20,21);1H/b7-5+;. The lowest BCUT2D eigenvalue weighted by atomic mass is 9.76. The van der Waals surface area contributed by atoms with Crippen molar-refractivity contribution in [2.24, 2.45) is 7.05 Å². The molecule has 5 heteroatoms. The molecule has 112 valence electrons. The second-order valence-corrected chi connectivity index (χ2v) is 5.60. The molecule has 0 atom stereocenters. The minimum atomic E-state index is -0.940. The molecular formula is C16H21N3O2. The van der Waals surface area contributed by atoms with E-state index in [1.54, 1.807) is 6.08 Å². The number of rotatable bonds is 4. The van der Waals surface area contributed by atoms with Crippen LogP contribution in [0.3, 0.4) is 0 Å². The fraction of sp³-hybridized carbons (Fsp3) is 0.375. The Morgan fingerprint density at radius 1 is 1.52 bits per heavy atom. The van der Waals surface area contributed by atoms with Gasteiger partial charge in [0.05, 0.1) is 16.6 Å². The van der Waals surface area contributed by atoms with Gasteiger partial charge in [0.1, 0.15) is 5.82 Å². The van der Waals surface area contributed by atoms with Crippen LogP contribution in [0.5, 0.6) is 0 Å². The van der Waals surface area contributed by atoms with Gasteiger partial charge in [0.2, 0.25) is 0 Å². The van der Waals surface area contributed by atoms with Crippen molar-refractivity contribution in [1.82, 2.24) is 14.9 Å². The number of carbonyl (C=O) groups is 1. The van der Waals surface area contributed by atoms with Crippen molar-refractivity contribution < 1.29 is 11.3 Å². The van der Waals surface area contributed by atoms with Crippen LogP contribution in [0.1, 0.15) is 32.1 Å². The third kappa shape index (κ3) is 2.23. The van der Waals surface area contributed by atoms with Crippen LogP contribution in [-0.4, -0.2) is 27.7 Å². The van der Waals surface area contributed by atoms with Crippen molar-refractivity contribution in [3.63, 3.8) is 0 Å². The van der Waals surface area contributed by atoms with Gasteiger partial charge in [-0.1, -0.05) is 6.07 Å². The van der Waals surface area contributed by atoms with E-state index in [9.17, 15) is 4.79 Å². The summed E-state index contributed by atoms with van der Waals surface area (Å²) >= 11 is 0. The predicted molar refractivity (Wildman–Crippen MR) is 84.1 cm³/mol. The molecular weight excluding hydrogens is 266 g/mol. The molecule has 1 aliphatic carbocycles. The second-order valence-electron chi connectivity index (χ2n) is 5.60. The molecule has 3 rings (SSSR count). The van der Waals surface area contributed by atoms with Gasteiger partial charge < -0.3 is 15.0 Å². The predicted octanol–water partition coefficient (Wildman–Crippen LogP) is 2.52. The van der Waals surface area contributed by atoms with Gasteiger partial charge in [0.15, 0.2) is 0 Å². The van der Waals surface area contributed by atoms with Crippen LogP contribution in [0.25, 0.3) is 17.1 Å². The Morgan fingerprint density at radius 2 is 2.29 bits per heavy atom. The first-order valence-electron chi connectivity index (χ1n) is 7.13. The van der Waals surface area contributed by atoms with Gasteiger partial charge in [-0.25, -0.2) is 9.78 Å². The molecule has 1 saturated carbocycles. The van der Waals surface area contributed by atoms with Gasteiger partial charge in [0.25, 0.3) is 0 Å². The molecule has 1 aliphatic rings. The van der Waals surface area contributed by atoms with Gasteiger partial charge in [-0.05, 0) is 50.1 Å². The van der Waals surface area contributed by atoms with E-state index in [2.05, 4.69) is 9.88 Å². The molecule has 5 nitrogen and oxygen atoms in total. The zero-order chi connectivity index (χ0) is 15.0. The number of hydrogen-bond donors (Lipinski definition) is 2. The highest BCUT2D eigenvalue weighted by Gasteiger charge is 2.40. The van der Waals surface area contributed by atoms with E-state index < -0.39 is 5.97 Å². The van der Waals surface area contributed by atoms with Crippen LogP contribution in [-0.2, 0) is 17.4 Å². The zero-order valence-electron chi connectivity index (χ0n) is 12.3. The average molecular weight is 287 g/mol. The fourth-order valence-corrected chi connectivity index (χ4v) is 3.02. The topological polar surface area (TPSA) is 67.2 Å². The maximum absolute atomic E-state index is 10.6. The van der Waals surface area contributed by atoms with Crippen molar-refractivity contribution in [1.29, 1.82) is 0 Å². The summed E-state index contributed by atoms with van der Waals surface area (Å²) in [7, 11) is 4.01. The van der Waals surface area contributed by atoms with Crippen molar-refractivity contribution >= 4 is 23.1 Å². The summed E-state index contributed by atoms with van der Waals surface area (Å²) in [4.78, 5) is 15.4. The lowest BCUT2D eigenvalue weighted by Crippen LogP contribution is -2.47. The first kappa shape index (κ1) is 13.8. The number of nitrogens with zero attached hydrogens (tertiary/aromatic N) is 2. The minimum Gasteiger partial charge on any atom is -0.478 e. The lowest BCUT2D eigenvalue weighted by molar-refractivity contribution is -0.131. The summed E-state index contributed by atoms with van der Waals surface area (Å²) in [6, 6.07) is 5.82. The molecule has 2 aromatic rings. The Morgan fingerprint density at radius 3 is 2.86 bits per heavy atom. The van der Waals surface area contributed by atoms with Crippen LogP contribution in [0.15, 0.2) is 24.3 Å². The third-order valence-electron chi connectivity index (χ3n) is 4.44. The molecule has 0 spiro atoms. The maximum Gasteiger partial charge on any atom is 0.328 e. The van der Waals surface area contributed by atoms with E-state index in [-0.39, 0.29) is 6.97 Å². The number of hydrogen-bond acceptors (Lipinski definition) is 3. The summed E-state index contributed by atoms with van der Waals surface area (Å²) < 4.78 is 2.11. The monoisotopic (exact) mass is 287 g/mol. The quantitative estimate of drug-likeness (QED) is 0.848. The minimum absolute atomic E-state index is 0. The molecule has 0 amide bonds. The molecule has 0 saturated heterocycles. The molecule has 1 aromatic carbocycles. The maximum atomic E-state index is 10.6. The number of aromatic nitrogens is 2. The van der Waals surface area contributed by atoms with Crippen LogP contribution < -0.4 is 5.32 Å². The number of benzene rings is 1. The Bertz CT molecular complexity index is 727. The summed E-state index contributed by atoms with van der Waals surface area (Å²) in [6.45, 7) is 0. The van der Waals surface area contributed by atoms with Gasteiger partial charge in [-0.3, -0.25) is 0 Å². The number of aryl methyl sites for hydroxylation is 1. The largest absolute Gasteiger partial charge is 0.478 e. The number of nitrogens with one attached hydrogen (secondary N) is 1. The molecule has 1 heterocycles. The summed E-state index contributed by atoms with van der Waals surface area (Å²) in [6.07, 6.45) is 6.18. The van der Waals surface area contributed by atoms with E-state index >= 15 is 0 Å². The van der Waals surface area contributed by atoms with E-state index in [4.69, 9.17) is 10.1 Å². The third-order valence-corrected chi connectivity index (χ3v) is 4.44. The number of fused-ring (bicyclic) bond motifs is 1. The number of imidazole rings is 1. The van der Waals surface area contributed by atoms with E-state index in [1.807, 2.05) is 32.3 Å². The molecule has 1 fully saturated rings. The average Bonchev–Trinajstić information content (AvgIpc) is 2.74. The second kappa shape index (κ2) is 5.00. The highest BCUT2D eigenvalue weighted by atomic mass is 16.4. The van der Waals surface area contributed by atoms with Gasteiger partial charge in [0, 0.05) is 14.6 Å². The highest BCUT2D eigenvalue weighted by Crippen LogP contribution is 2.41. The normalized spacial score (nSPS) is 17.2. The van der Waals surface area contributed by atoms with E-state index in [1.165, 1.54) is 6.42 Å². The van der Waals surface area contributed by atoms with Crippen molar-refractivity contribution in [2.45, 2.75) is 24.8 Å². The molecule has 0 aliphatic heterocycles. The Hall–Kier alpha value is -2.14. The van der Waals surface area contributed by atoms with Crippen LogP contribution in [0.2, 0.25) is 0 Å². The number of carboxylic acids is 1. The molecule has 0 unspecified atom stereocenters. The number of aliphatic carboxylic acids is 1. The van der Waals surface area contributed by atoms with Gasteiger partial charge in [-0.15, -0.1) is 0 Å². The van der Waals surface area contributed by atoms with Gasteiger partial charge >= 0.3 is 5.97 Å². The number of carboxylic acid groups (broad SMARTS) is 1. The zero-order valence-corrected chi connectivity index (χ0v) is 12.3. The van der Waals surface area contributed by atoms with Crippen LogP contribution >= 0.6 is 0 Å². The lowest BCUT2D eigenvalue weighted by Gasteiger charge is -2.40. The fourth-order valence-electron chi connectivity index (χ4n) is 3.02. The molecule has 0 radical (unpaired) electrons. The SMILES string of the molecule is CNC1(c2nc3ccc(/C=C/C(=O)O)cc3n2C)CCC1.[HH]. The molecule has 2 N–H and O–H groups in total. The summed E-state index contributed by atoms with van der Waals surface area (Å²) in [5.74, 6) is 0.120. The summed E-state index contributed by atoms with van der Waals surface area (Å²) in [5.41, 5.74) is 2.83. The van der Waals surface area contributed by atoms with Crippen LogP contribution in [0.4, 0.5) is 0 Å². The first-order valence-corrected chi connectivity index (χ1v) is 7.13. The van der Waals surface area contributed by atoms with Crippen molar-refractivity contribution in [3.05, 3.63) is 35.7 Å². The van der Waals surface area contributed by atoms with E-state index in [0.717, 1.165) is 41.3 Å². The summed E-state index contributed by atoms with van der Waals surface area (Å²) in [5, 5.41) is 12.1.